The Balaban J connectivity index is 2.18. The van der Waals surface area contributed by atoms with Gasteiger partial charge in [0.2, 0.25) is 0 Å². The van der Waals surface area contributed by atoms with Gasteiger partial charge in [0.05, 0.1) is 0 Å². The van der Waals surface area contributed by atoms with Gasteiger partial charge in [-0.25, -0.2) is 4.39 Å². The topological polar surface area (TPSA) is 24.1 Å². The molecular formula is C11H17FN2. The number of nitrogens with one attached hydrogen (secondary N) is 2. The van der Waals surface area contributed by atoms with Crippen LogP contribution < -0.4 is 10.6 Å². The van der Waals surface area contributed by atoms with E-state index in [-0.39, 0.29) is 5.82 Å². The summed E-state index contributed by atoms with van der Waals surface area (Å²) in [5.41, 5.74) is 0.856. The highest BCUT2D eigenvalue weighted by Gasteiger charge is 1.93. The first-order valence-corrected chi connectivity index (χ1v) is 4.97. The van der Waals surface area contributed by atoms with Gasteiger partial charge in [-0.1, -0.05) is 6.07 Å². The van der Waals surface area contributed by atoms with Crippen LogP contribution in [-0.2, 0) is 0 Å². The minimum Gasteiger partial charge on any atom is -0.385 e. The quantitative estimate of drug-likeness (QED) is 0.682. The van der Waals surface area contributed by atoms with E-state index in [1.807, 2.05) is 13.1 Å². The van der Waals surface area contributed by atoms with E-state index in [0.29, 0.717) is 0 Å². The molecular weight excluding hydrogens is 179 g/mol. The minimum absolute atomic E-state index is 0.190. The molecule has 0 radical (unpaired) electrons. The van der Waals surface area contributed by atoms with Crippen LogP contribution in [0.15, 0.2) is 24.3 Å². The van der Waals surface area contributed by atoms with Crippen LogP contribution in [0.4, 0.5) is 10.1 Å². The van der Waals surface area contributed by atoms with Crippen molar-refractivity contribution < 1.29 is 4.39 Å². The molecule has 0 fully saturated rings. The lowest BCUT2D eigenvalue weighted by molar-refractivity contribution is 0.628. The summed E-state index contributed by atoms with van der Waals surface area (Å²) < 4.78 is 12.7. The molecule has 0 aromatic heterocycles. The van der Waals surface area contributed by atoms with Gasteiger partial charge < -0.3 is 10.6 Å². The smallest absolute Gasteiger partial charge is 0.125 e. The van der Waals surface area contributed by atoms with Gasteiger partial charge in [-0.15, -0.1) is 0 Å². The molecule has 0 amide bonds. The maximum atomic E-state index is 12.7. The molecule has 0 aliphatic carbocycles. The molecule has 14 heavy (non-hydrogen) atoms. The van der Waals surface area contributed by atoms with Crippen molar-refractivity contribution in [2.24, 2.45) is 0 Å². The maximum absolute atomic E-state index is 12.7. The van der Waals surface area contributed by atoms with Crippen LogP contribution in [0.5, 0.6) is 0 Å². The number of hydrogen-bond donors (Lipinski definition) is 2. The van der Waals surface area contributed by atoms with Crippen molar-refractivity contribution in [3.63, 3.8) is 0 Å². The first-order valence-electron chi connectivity index (χ1n) is 4.97. The molecule has 0 unspecified atom stereocenters. The molecule has 2 nitrogen and oxygen atoms in total. The highest BCUT2D eigenvalue weighted by molar-refractivity contribution is 5.42. The average Bonchev–Trinajstić information content (AvgIpc) is 2.18. The van der Waals surface area contributed by atoms with Gasteiger partial charge in [0.25, 0.3) is 0 Å². The molecule has 0 aliphatic heterocycles. The second-order valence-electron chi connectivity index (χ2n) is 3.25. The standard InChI is InChI=1S/C11H17FN2/c1-13-7-2-3-8-14-11-6-4-5-10(12)9-11/h4-6,9,13-14H,2-3,7-8H2,1H3. The predicted octanol–water partition coefficient (Wildman–Crippen LogP) is 2.24. The number of hydrogen-bond acceptors (Lipinski definition) is 2. The van der Waals surface area contributed by atoms with Crippen molar-refractivity contribution in [3.05, 3.63) is 30.1 Å². The van der Waals surface area contributed by atoms with Crippen molar-refractivity contribution >= 4 is 5.69 Å². The summed E-state index contributed by atoms with van der Waals surface area (Å²) in [4.78, 5) is 0. The molecule has 0 atom stereocenters. The predicted molar refractivity (Wildman–Crippen MR) is 58.1 cm³/mol. The molecule has 1 aromatic rings. The molecule has 0 saturated heterocycles. The van der Waals surface area contributed by atoms with Gasteiger partial charge in [-0.2, -0.15) is 0 Å². The third-order valence-electron chi connectivity index (χ3n) is 2.01. The molecule has 3 heteroatoms. The Hall–Kier alpha value is -1.09. The number of halogens is 1. The SMILES string of the molecule is CNCCCCNc1cccc(F)c1. The zero-order valence-electron chi connectivity index (χ0n) is 8.52. The van der Waals surface area contributed by atoms with Crippen LogP contribution in [0.3, 0.4) is 0 Å². The zero-order chi connectivity index (χ0) is 10.2. The van der Waals surface area contributed by atoms with Gasteiger partial charge >= 0.3 is 0 Å². The summed E-state index contributed by atoms with van der Waals surface area (Å²) >= 11 is 0. The first kappa shape index (κ1) is 11.0. The van der Waals surface area contributed by atoms with Gasteiger partial charge in [0.15, 0.2) is 0 Å². The summed E-state index contributed by atoms with van der Waals surface area (Å²) in [5, 5.41) is 6.26. The Kier molecular flexibility index (Phi) is 5.00. The monoisotopic (exact) mass is 196 g/mol. The molecule has 0 bridgehead atoms. The van der Waals surface area contributed by atoms with Crippen LogP contribution in [0.25, 0.3) is 0 Å². The Morgan fingerprint density at radius 3 is 2.71 bits per heavy atom. The second-order valence-corrected chi connectivity index (χ2v) is 3.25. The fourth-order valence-corrected chi connectivity index (χ4v) is 1.26. The first-order chi connectivity index (χ1) is 6.83. The van der Waals surface area contributed by atoms with Gasteiger partial charge in [0, 0.05) is 12.2 Å². The summed E-state index contributed by atoms with van der Waals surface area (Å²) in [7, 11) is 1.94. The fraction of sp³-hybridized carbons (Fsp3) is 0.455. The van der Waals surface area contributed by atoms with Crippen LogP contribution in [0, 0.1) is 5.82 Å². The highest BCUT2D eigenvalue weighted by Crippen LogP contribution is 2.08. The maximum Gasteiger partial charge on any atom is 0.125 e. The summed E-state index contributed by atoms with van der Waals surface area (Å²) in [6.07, 6.45) is 2.23. The van der Waals surface area contributed by atoms with Crippen molar-refractivity contribution in [1.29, 1.82) is 0 Å². The van der Waals surface area contributed by atoms with E-state index in [1.165, 1.54) is 12.1 Å². The van der Waals surface area contributed by atoms with E-state index in [9.17, 15) is 4.39 Å². The highest BCUT2D eigenvalue weighted by atomic mass is 19.1. The van der Waals surface area contributed by atoms with Gasteiger partial charge in [-0.3, -0.25) is 0 Å². The molecule has 78 valence electrons. The minimum atomic E-state index is -0.190. The fourth-order valence-electron chi connectivity index (χ4n) is 1.26. The molecule has 0 heterocycles. The van der Waals surface area contributed by atoms with E-state index in [1.54, 1.807) is 6.07 Å². The number of rotatable bonds is 6. The van der Waals surface area contributed by atoms with Crippen molar-refractivity contribution in [3.8, 4) is 0 Å². The molecule has 0 aliphatic rings. The molecule has 1 rings (SSSR count). The number of unbranched alkanes of at least 4 members (excludes halogenated alkanes) is 1. The molecule has 1 aromatic carbocycles. The third kappa shape index (κ3) is 4.23. The Morgan fingerprint density at radius 2 is 2.00 bits per heavy atom. The number of benzene rings is 1. The van der Waals surface area contributed by atoms with Gasteiger partial charge in [-0.05, 0) is 44.6 Å². The summed E-state index contributed by atoms with van der Waals surface area (Å²) in [6.45, 7) is 1.93. The Labute approximate surface area is 84.5 Å². The Bertz CT molecular complexity index is 263. The van der Waals surface area contributed by atoms with E-state index < -0.39 is 0 Å². The van der Waals surface area contributed by atoms with Crippen molar-refractivity contribution in [1.82, 2.24) is 5.32 Å². The van der Waals surface area contributed by atoms with E-state index in [4.69, 9.17) is 0 Å². The van der Waals surface area contributed by atoms with Crippen molar-refractivity contribution in [2.75, 3.05) is 25.5 Å². The third-order valence-corrected chi connectivity index (χ3v) is 2.01. The van der Waals surface area contributed by atoms with Gasteiger partial charge in [0.1, 0.15) is 5.82 Å². The van der Waals surface area contributed by atoms with Crippen LogP contribution in [0.2, 0.25) is 0 Å². The lowest BCUT2D eigenvalue weighted by Gasteiger charge is -2.05. The zero-order valence-corrected chi connectivity index (χ0v) is 8.52. The normalized spacial score (nSPS) is 10.1. The van der Waals surface area contributed by atoms with Crippen LogP contribution in [0.1, 0.15) is 12.8 Å². The lowest BCUT2D eigenvalue weighted by Crippen LogP contribution is -2.10. The summed E-state index contributed by atoms with van der Waals surface area (Å²) in [6, 6.07) is 6.55. The van der Waals surface area contributed by atoms with E-state index >= 15 is 0 Å². The molecule has 0 saturated carbocycles. The van der Waals surface area contributed by atoms with E-state index in [2.05, 4.69) is 10.6 Å². The summed E-state index contributed by atoms with van der Waals surface area (Å²) in [5.74, 6) is -0.190. The van der Waals surface area contributed by atoms with Crippen LogP contribution in [-0.4, -0.2) is 20.1 Å². The average molecular weight is 196 g/mol. The van der Waals surface area contributed by atoms with Crippen molar-refractivity contribution in [2.45, 2.75) is 12.8 Å². The van der Waals surface area contributed by atoms with E-state index in [0.717, 1.165) is 31.6 Å². The second kappa shape index (κ2) is 6.38. The lowest BCUT2D eigenvalue weighted by atomic mass is 10.2. The largest absolute Gasteiger partial charge is 0.385 e. The Morgan fingerprint density at radius 1 is 1.21 bits per heavy atom. The number of anilines is 1. The van der Waals surface area contributed by atoms with Crippen LogP contribution >= 0.6 is 0 Å². The molecule has 0 spiro atoms. The molecule has 2 N–H and O–H groups in total.